The maximum absolute atomic E-state index is 5.48. The highest BCUT2D eigenvalue weighted by Gasteiger charge is 2.14. The lowest BCUT2D eigenvalue weighted by atomic mass is 9.88. The Morgan fingerprint density at radius 1 is 0.889 bits per heavy atom. The second-order valence-electron chi connectivity index (χ2n) is 6.48. The van der Waals surface area contributed by atoms with Gasteiger partial charge in [0.05, 0.1) is 18.8 Å². The molecule has 4 aromatic rings. The van der Waals surface area contributed by atoms with Crippen LogP contribution in [0, 0.1) is 0 Å². The Morgan fingerprint density at radius 2 is 1.67 bits per heavy atom. The number of allylic oxidation sites excluding steroid dienone is 1. The summed E-state index contributed by atoms with van der Waals surface area (Å²) < 4.78 is 5.48. The zero-order chi connectivity index (χ0) is 18.6. The number of hydrogen-bond donors (Lipinski definition) is 1. The first kappa shape index (κ1) is 17.1. The van der Waals surface area contributed by atoms with Crippen LogP contribution in [0.2, 0.25) is 0 Å². The molecule has 3 nitrogen and oxygen atoms in total. The number of ether oxygens (including phenoxy) is 1. The summed E-state index contributed by atoms with van der Waals surface area (Å²) in [6.07, 6.45) is 2.80. The lowest BCUT2D eigenvalue weighted by Gasteiger charge is -2.17. The maximum Gasteiger partial charge on any atom is 0.119 e. The Morgan fingerprint density at radius 3 is 2.44 bits per heavy atom. The molecule has 0 aliphatic carbocycles. The standard InChI is InChI=1S/C24H22N2O/c1-3-22(17-8-5-4-6-9-17)24(18-10-7-11-21(15-18)27-2)19-12-13-23-20(14-19)16-25-26-23/h4-16H,3H2,1-2H3,(H,25,26)/b24-22+. The van der Waals surface area contributed by atoms with Gasteiger partial charge in [-0.15, -0.1) is 0 Å². The summed E-state index contributed by atoms with van der Waals surface area (Å²) in [5.74, 6) is 0.859. The molecule has 3 heteroatoms. The monoisotopic (exact) mass is 354 g/mol. The van der Waals surface area contributed by atoms with Crippen LogP contribution in [0.15, 0.2) is 79.0 Å². The molecule has 0 unspecified atom stereocenters. The fourth-order valence-electron chi connectivity index (χ4n) is 3.56. The van der Waals surface area contributed by atoms with Crippen LogP contribution in [0.5, 0.6) is 5.75 Å². The van der Waals surface area contributed by atoms with Gasteiger partial charge in [-0.25, -0.2) is 0 Å². The van der Waals surface area contributed by atoms with Crippen molar-refractivity contribution < 1.29 is 4.74 Å². The Kier molecular flexibility index (Phi) is 4.75. The zero-order valence-electron chi connectivity index (χ0n) is 15.6. The Hall–Kier alpha value is -3.33. The molecule has 0 amide bonds. The predicted octanol–water partition coefficient (Wildman–Crippen LogP) is 5.94. The van der Waals surface area contributed by atoms with E-state index in [1.165, 1.54) is 22.3 Å². The Bertz CT molecular complexity index is 1090. The van der Waals surface area contributed by atoms with E-state index in [9.17, 15) is 0 Å². The molecule has 0 spiro atoms. The summed E-state index contributed by atoms with van der Waals surface area (Å²) >= 11 is 0. The van der Waals surface area contributed by atoms with E-state index in [0.29, 0.717) is 0 Å². The quantitative estimate of drug-likeness (QED) is 0.450. The van der Waals surface area contributed by atoms with Crippen LogP contribution in [-0.2, 0) is 0 Å². The first-order valence-corrected chi connectivity index (χ1v) is 9.16. The van der Waals surface area contributed by atoms with Crippen molar-refractivity contribution >= 4 is 22.0 Å². The van der Waals surface area contributed by atoms with Crippen LogP contribution in [0.4, 0.5) is 0 Å². The molecule has 3 aromatic carbocycles. The minimum absolute atomic E-state index is 0.859. The molecular formula is C24H22N2O. The molecule has 0 aliphatic rings. The van der Waals surface area contributed by atoms with Gasteiger partial charge < -0.3 is 4.74 Å². The molecule has 0 bridgehead atoms. The molecule has 0 atom stereocenters. The first-order chi connectivity index (χ1) is 13.3. The van der Waals surface area contributed by atoms with Crippen molar-refractivity contribution in [1.82, 2.24) is 10.2 Å². The van der Waals surface area contributed by atoms with Gasteiger partial charge in [0.25, 0.3) is 0 Å². The van der Waals surface area contributed by atoms with E-state index < -0.39 is 0 Å². The summed E-state index contributed by atoms with van der Waals surface area (Å²) in [6.45, 7) is 2.21. The Balaban J connectivity index is 2.00. The molecule has 1 N–H and O–H groups in total. The van der Waals surface area contributed by atoms with Gasteiger partial charge in [0.1, 0.15) is 5.75 Å². The van der Waals surface area contributed by atoms with Crippen LogP contribution in [0.3, 0.4) is 0 Å². The number of hydrogen-bond acceptors (Lipinski definition) is 2. The summed E-state index contributed by atoms with van der Waals surface area (Å²) in [5.41, 5.74) is 7.15. The number of nitrogens with zero attached hydrogens (tertiary/aromatic N) is 1. The highest BCUT2D eigenvalue weighted by molar-refractivity contribution is 6.00. The number of aromatic nitrogens is 2. The molecule has 27 heavy (non-hydrogen) atoms. The van der Waals surface area contributed by atoms with Crippen LogP contribution in [0.25, 0.3) is 22.0 Å². The number of methoxy groups -OCH3 is 1. The van der Waals surface area contributed by atoms with E-state index in [4.69, 9.17) is 4.74 Å². The average molecular weight is 354 g/mol. The van der Waals surface area contributed by atoms with Crippen molar-refractivity contribution in [2.75, 3.05) is 7.11 Å². The maximum atomic E-state index is 5.48. The molecule has 1 heterocycles. The van der Waals surface area contributed by atoms with Crippen molar-refractivity contribution in [2.45, 2.75) is 13.3 Å². The number of nitrogens with one attached hydrogen (secondary N) is 1. The van der Waals surface area contributed by atoms with Crippen molar-refractivity contribution in [1.29, 1.82) is 0 Å². The third kappa shape index (κ3) is 3.36. The second-order valence-corrected chi connectivity index (χ2v) is 6.48. The number of aromatic amines is 1. The predicted molar refractivity (Wildman–Crippen MR) is 112 cm³/mol. The zero-order valence-corrected chi connectivity index (χ0v) is 15.6. The minimum Gasteiger partial charge on any atom is -0.497 e. The van der Waals surface area contributed by atoms with Gasteiger partial charge in [-0.1, -0.05) is 55.5 Å². The van der Waals surface area contributed by atoms with Gasteiger partial charge in [0, 0.05) is 5.39 Å². The van der Waals surface area contributed by atoms with Gasteiger partial charge >= 0.3 is 0 Å². The summed E-state index contributed by atoms with van der Waals surface area (Å²) in [5, 5.41) is 8.30. The van der Waals surface area contributed by atoms with E-state index in [1.54, 1.807) is 7.11 Å². The van der Waals surface area contributed by atoms with Gasteiger partial charge in [0.15, 0.2) is 0 Å². The van der Waals surface area contributed by atoms with Crippen LogP contribution in [0.1, 0.15) is 30.0 Å². The third-order valence-corrected chi connectivity index (χ3v) is 4.86. The fourth-order valence-corrected chi connectivity index (χ4v) is 3.56. The molecule has 0 saturated heterocycles. The largest absolute Gasteiger partial charge is 0.497 e. The summed E-state index contributed by atoms with van der Waals surface area (Å²) in [6, 6.07) is 25.3. The first-order valence-electron chi connectivity index (χ1n) is 9.16. The fraction of sp³-hybridized carbons (Fsp3) is 0.125. The Labute approximate surface area is 159 Å². The molecule has 0 fully saturated rings. The van der Waals surface area contributed by atoms with Crippen molar-refractivity contribution in [3.05, 3.63) is 95.7 Å². The summed E-state index contributed by atoms with van der Waals surface area (Å²) in [4.78, 5) is 0. The molecule has 1 aromatic heterocycles. The highest BCUT2D eigenvalue weighted by atomic mass is 16.5. The average Bonchev–Trinajstić information content (AvgIpc) is 3.20. The van der Waals surface area contributed by atoms with E-state index in [0.717, 1.165) is 28.6 Å². The third-order valence-electron chi connectivity index (χ3n) is 4.86. The van der Waals surface area contributed by atoms with Crippen LogP contribution >= 0.6 is 0 Å². The number of fused-ring (bicyclic) bond motifs is 1. The lowest BCUT2D eigenvalue weighted by molar-refractivity contribution is 0.414. The van der Waals surface area contributed by atoms with Crippen molar-refractivity contribution in [3.63, 3.8) is 0 Å². The smallest absolute Gasteiger partial charge is 0.119 e. The van der Waals surface area contributed by atoms with Crippen LogP contribution in [-0.4, -0.2) is 17.3 Å². The second kappa shape index (κ2) is 7.50. The van der Waals surface area contributed by atoms with E-state index in [1.807, 2.05) is 18.3 Å². The SMILES string of the molecule is CC/C(=C(/c1cccc(OC)c1)c1ccc2[nH]ncc2c1)c1ccccc1. The molecule has 0 radical (unpaired) electrons. The summed E-state index contributed by atoms with van der Waals surface area (Å²) in [7, 11) is 1.71. The van der Waals surface area contributed by atoms with Gasteiger partial charge in [-0.2, -0.15) is 5.10 Å². The van der Waals surface area contributed by atoms with Crippen LogP contribution < -0.4 is 4.74 Å². The van der Waals surface area contributed by atoms with Crippen molar-refractivity contribution in [3.8, 4) is 5.75 Å². The van der Waals surface area contributed by atoms with E-state index >= 15 is 0 Å². The van der Waals surface area contributed by atoms with E-state index in [-0.39, 0.29) is 0 Å². The van der Waals surface area contributed by atoms with Gasteiger partial charge in [-0.05, 0) is 58.5 Å². The number of benzene rings is 3. The number of H-pyrrole nitrogens is 1. The topological polar surface area (TPSA) is 37.9 Å². The van der Waals surface area contributed by atoms with Gasteiger partial charge in [-0.3, -0.25) is 5.10 Å². The molecule has 4 rings (SSSR count). The normalized spacial score (nSPS) is 12.1. The molecule has 0 saturated carbocycles. The lowest BCUT2D eigenvalue weighted by Crippen LogP contribution is -1.96. The minimum atomic E-state index is 0.859. The van der Waals surface area contributed by atoms with Gasteiger partial charge in [0.2, 0.25) is 0 Å². The number of rotatable bonds is 5. The molecule has 0 aliphatic heterocycles. The highest BCUT2D eigenvalue weighted by Crippen LogP contribution is 2.36. The van der Waals surface area contributed by atoms with E-state index in [2.05, 4.69) is 77.8 Å². The van der Waals surface area contributed by atoms with Crippen molar-refractivity contribution in [2.24, 2.45) is 0 Å². The molecular weight excluding hydrogens is 332 g/mol. The molecule has 134 valence electrons.